The smallest absolute Gasteiger partial charge is 0.168 e. The van der Waals surface area contributed by atoms with Gasteiger partial charge in [0.25, 0.3) is 0 Å². The van der Waals surface area contributed by atoms with Crippen molar-refractivity contribution in [2.45, 2.75) is 51.9 Å². The fourth-order valence-corrected chi connectivity index (χ4v) is 2.98. The molecule has 0 spiro atoms. The maximum atomic E-state index is 12.6. The standard InChI is InChI=1S/C16H23NO2/c1-15(2)9-13(16(3,4)19-15)14(18)12-7-5-11(10-17)6-8-12/h5-8,13H,9-10,17H2,1-4H3. The predicted octanol–water partition coefficient (Wildman–Crippen LogP) is 2.92. The molecule has 1 atom stereocenters. The zero-order valence-corrected chi connectivity index (χ0v) is 12.2. The molecule has 2 N–H and O–H groups in total. The minimum atomic E-state index is -0.410. The van der Waals surface area contributed by atoms with Crippen LogP contribution in [0.4, 0.5) is 0 Å². The quantitative estimate of drug-likeness (QED) is 0.851. The topological polar surface area (TPSA) is 52.3 Å². The van der Waals surface area contributed by atoms with E-state index in [9.17, 15) is 4.79 Å². The van der Waals surface area contributed by atoms with E-state index in [2.05, 4.69) is 0 Å². The first-order valence-electron chi connectivity index (χ1n) is 6.78. The third-order valence-corrected chi connectivity index (χ3v) is 3.86. The lowest BCUT2D eigenvalue weighted by Gasteiger charge is -2.26. The van der Waals surface area contributed by atoms with Crippen LogP contribution in [0.3, 0.4) is 0 Å². The largest absolute Gasteiger partial charge is 0.369 e. The molecule has 0 aromatic heterocycles. The molecule has 1 aromatic carbocycles. The highest BCUT2D eigenvalue weighted by Crippen LogP contribution is 2.43. The summed E-state index contributed by atoms with van der Waals surface area (Å²) < 4.78 is 6.00. The van der Waals surface area contributed by atoms with Crippen LogP contribution >= 0.6 is 0 Å². The number of ketones is 1. The van der Waals surface area contributed by atoms with Gasteiger partial charge < -0.3 is 10.5 Å². The summed E-state index contributed by atoms with van der Waals surface area (Å²) in [7, 11) is 0. The van der Waals surface area contributed by atoms with Crippen molar-refractivity contribution in [3.05, 3.63) is 35.4 Å². The zero-order chi connectivity index (χ0) is 14.3. The first-order valence-corrected chi connectivity index (χ1v) is 6.78. The highest BCUT2D eigenvalue weighted by molar-refractivity contribution is 5.98. The van der Waals surface area contributed by atoms with Gasteiger partial charge in [0.05, 0.1) is 17.1 Å². The van der Waals surface area contributed by atoms with E-state index in [1.54, 1.807) is 0 Å². The summed E-state index contributed by atoms with van der Waals surface area (Å²) in [6.07, 6.45) is 0.761. The summed E-state index contributed by atoms with van der Waals surface area (Å²) in [4.78, 5) is 12.6. The van der Waals surface area contributed by atoms with Crippen molar-refractivity contribution in [1.82, 2.24) is 0 Å². The van der Waals surface area contributed by atoms with Gasteiger partial charge in [-0.3, -0.25) is 4.79 Å². The van der Waals surface area contributed by atoms with E-state index in [0.717, 1.165) is 17.5 Å². The van der Waals surface area contributed by atoms with Crippen LogP contribution in [0, 0.1) is 5.92 Å². The highest BCUT2D eigenvalue weighted by atomic mass is 16.5. The van der Waals surface area contributed by atoms with Crippen molar-refractivity contribution in [3.63, 3.8) is 0 Å². The minimum absolute atomic E-state index is 0.0915. The summed E-state index contributed by atoms with van der Waals surface area (Å²) in [5.74, 6) is 0.0744. The summed E-state index contributed by atoms with van der Waals surface area (Å²) in [5.41, 5.74) is 6.71. The SMILES string of the molecule is CC1(C)CC(C(=O)c2ccc(CN)cc2)C(C)(C)O1. The third-order valence-electron chi connectivity index (χ3n) is 3.86. The molecule has 1 heterocycles. The Bertz CT molecular complexity index is 474. The molecule has 1 aliphatic rings. The van der Waals surface area contributed by atoms with Gasteiger partial charge >= 0.3 is 0 Å². The monoisotopic (exact) mass is 261 g/mol. The number of carbonyl (C=O) groups is 1. The van der Waals surface area contributed by atoms with Crippen LogP contribution in [0.25, 0.3) is 0 Å². The minimum Gasteiger partial charge on any atom is -0.369 e. The lowest BCUT2D eigenvalue weighted by atomic mass is 9.81. The van der Waals surface area contributed by atoms with Crippen LogP contribution in [0.5, 0.6) is 0 Å². The van der Waals surface area contributed by atoms with Crippen LogP contribution in [-0.2, 0) is 11.3 Å². The Morgan fingerprint density at radius 1 is 1.26 bits per heavy atom. The average molecular weight is 261 g/mol. The lowest BCUT2D eigenvalue weighted by molar-refractivity contribution is -0.0712. The van der Waals surface area contributed by atoms with Gasteiger partial charge in [-0.25, -0.2) is 0 Å². The molecule has 0 radical (unpaired) electrons. The van der Waals surface area contributed by atoms with Crippen molar-refractivity contribution in [2.24, 2.45) is 11.7 Å². The molecule has 104 valence electrons. The first-order chi connectivity index (χ1) is 8.75. The Morgan fingerprint density at radius 2 is 1.84 bits per heavy atom. The zero-order valence-electron chi connectivity index (χ0n) is 12.2. The number of benzene rings is 1. The molecule has 1 saturated heterocycles. The molecule has 0 bridgehead atoms. The van der Waals surface area contributed by atoms with Crippen molar-refractivity contribution < 1.29 is 9.53 Å². The van der Waals surface area contributed by atoms with E-state index in [4.69, 9.17) is 10.5 Å². The molecule has 1 fully saturated rings. The molecule has 3 heteroatoms. The Hall–Kier alpha value is -1.19. The van der Waals surface area contributed by atoms with E-state index in [-0.39, 0.29) is 17.3 Å². The number of carbonyl (C=O) groups excluding carboxylic acids is 1. The second-order valence-corrected chi connectivity index (χ2v) is 6.49. The van der Waals surface area contributed by atoms with Crippen molar-refractivity contribution >= 4 is 5.78 Å². The molecule has 1 aliphatic heterocycles. The summed E-state index contributed by atoms with van der Waals surface area (Å²) in [6, 6.07) is 7.57. The van der Waals surface area contributed by atoms with Gasteiger partial charge in [0.2, 0.25) is 0 Å². The third kappa shape index (κ3) is 2.88. The summed E-state index contributed by atoms with van der Waals surface area (Å²) >= 11 is 0. The molecular formula is C16H23NO2. The van der Waals surface area contributed by atoms with Crippen LogP contribution in [0.1, 0.15) is 50.0 Å². The van der Waals surface area contributed by atoms with E-state index in [0.29, 0.717) is 6.54 Å². The van der Waals surface area contributed by atoms with E-state index >= 15 is 0 Å². The molecular weight excluding hydrogens is 238 g/mol. The van der Waals surface area contributed by atoms with Crippen molar-refractivity contribution in [1.29, 1.82) is 0 Å². The normalized spacial score (nSPS) is 24.4. The molecule has 1 unspecified atom stereocenters. The lowest BCUT2D eigenvalue weighted by Crippen LogP contribution is -2.33. The molecule has 0 saturated carbocycles. The highest BCUT2D eigenvalue weighted by Gasteiger charge is 2.49. The second kappa shape index (κ2) is 4.73. The number of nitrogens with two attached hydrogens (primary N) is 1. The van der Waals surface area contributed by atoms with Gasteiger partial charge in [0.1, 0.15) is 0 Å². The van der Waals surface area contributed by atoms with Crippen molar-refractivity contribution in [3.8, 4) is 0 Å². The van der Waals surface area contributed by atoms with Gasteiger partial charge in [-0.05, 0) is 39.7 Å². The van der Waals surface area contributed by atoms with Crippen molar-refractivity contribution in [2.75, 3.05) is 0 Å². The fraction of sp³-hybridized carbons (Fsp3) is 0.562. The van der Waals surface area contributed by atoms with Gasteiger partial charge in [0.15, 0.2) is 5.78 Å². The summed E-state index contributed by atoms with van der Waals surface area (Å²) in [6.45, 7) is 8.58. The average Bonchev–Trinajstić information content (AvgIpc) is 2.56. The van der Waals surface area contributed by atoms with Crippen LogP contribution in [0.15, 0.2) is 24.3 Å². The Balaban J connectivity index is 2.24. The number of ether oxygens (including phenoxy) is 1. The Morgan fingerprint density at radius 3 is 2.26 bits per heavy atom. The number of rotatable bonds is 3. The van der Waals surface area contributed by atoms with Gasteiger partial charge in [-0.15, -0.1) is 0 Å². The van der Waals surface area contributed by atoms with E-state index < -0.39 is 5.60 Å². The van der Waals surface area contributed by atoms with Gasteiger partial charge in [-0.2, -0.15) is 0 Å². The predicted molar refractivity (Wildman–Crippen MR) is 76.0 cm³/mol. The van der Waals surface area contributed by atoms with E-state index in [1.165, 1.54) is 0 Å². The van der Waals surface area contributed by atoms with Crippen LogP contribution in [0.2, 0.25) is 0 Å². The number of hydrogen-bond donors (Lipinski definition) is 1. The molecule has 3 nitrogen and oxygen atoms in total. The number of hydrogen-bond acceptors (Lipinski definition) is 3. The maximum absolute atomic E-state index is 12.6. The number of Topliss-reactive ketones (excluding diaryl/α,β-unsaturated/α-hetero) is 1. The van der Waals surface area contributed by atoms with Gasteiger partial charge in [-0.1, -0.05) is 24.3 Å². The van der Waals surface area contributed by atoms with Crippen LogP contribution < -0.4 is 5.73 Å². The van der Waals surface area contributed by atoms with Gasteiger partial charge in [0, 0.05) is 12.1 Å². The Kier molecular flexibility index (Phi) is 3.54. The fourth-order valence-electron chi connectivity index (χ4n) is 2.98. The molecule has 1 aromatic rings. The second-order valence-electron chi connectivity index (χ2n) is 6.49. The molecule has 2 rings (SSSR count). The van der Waals surface area contributed by atoms with Crippen LogP contribution in [-0.4, -0.2) is 17.0 Å². The Labute approximate surface area is 115 Å². The summed E-state index contributed by atoms with van der Waals surface area (Å²) in [5, 5.41) is 0. The molecule has 0 aliphatic carbocycles. The van der Waals surface area contributed by atoms with E-state index in [1.807, 2.05) is 52.0 Å². The molecule has 0 amide bonds. The first kappa shape index (κ1) is 14.2. The maximum Gasteiger partial charge on any atom is 0.168 e. The molecule has 19 heavy (non-hydrogen) atoms.